The number of nitrogens with one attached hydrogen (secondary N) is 2. The van der Waals surface area contributed by atoms with Gasteiger partial charge in [0.1, 0.15) is 29.2 Å². The first-order valence-electron chi connectivity index (χ1n) is 25.9. The number of aliphatic hydroxyl groups excluding tert-OH is 2. The first-order chi connectivity index (χ1) is 33.7. The van der Waals surface area contributed by atoms with E-state index < -0.39 is 108 Å². The molecule has 0 aromatic heterocycles. The third-order valence-electron chi connectivity index (χ3n) is 15.5. The molecule has 3 saturated heterocycles. The number of aliphatic hydroxyl groups is 3. The lowest BCUT2D eigenvalue weighted by Crippen LogP contribution is -2.62. The summed E-state index contributed by atoms with van der Waals surface area (Å²) in [4.78, 5) is 56.3. The van der Waals surface area contributed by atoms with Gasteiger partial charge in [-0.1, -0.05) is 63.9 Å². The summed E-state index contributed by atoms with van der Waals surface area (Å²) >= 11 is 6.22. The normalized spacial score (nSPS) is 38.4. The van der Waals surface area contributed by atoms with E-state index in [0.717, 1.165) is 5.56 Å². The lowest BCUT2D eigenvalue weighted by atomic mass is 9.74. The van der Waals surface area contributed by atoms with E-state index in [2.05, 4.69) is 10.6 Å². The molecule has 0 unspecified atom stereocenters. The summed E-state index contributed by atoms with van der Waals surface area (Å²) in [6.45, 7) is 17.8. The number of esters is 1. The summed E-state index contributed by atoms with van der Waals surface area (Å²) in [5.41, 5.74) is -3.52. The second-order valence-electron chi connectivity index (χ2n) is 21.4. The Kier molecular flexibility index (Phi) is 23.2. The van der Waals surface area contributed by atoms with E-state index in [4.69, 9.17) is 49.5 Å². The molecule has 0 spiro atoms. The number of ketones is 1. The Labute approximate surface area is 433 Å². The minimum Gasteiger partial charge on any atom is -0.459 e. The molecule has 412 valence electrons. The molecular weight excluding hydrogens is 954 g/mol. The first kappa shape index (κ1) is 61.5. The fraction of sp³-hybridized carbons (Fsp3) is 0.811. The van der Waals surface area contributed by atoms with E-state index in [0.29, 0.717) is 56.6 Å². The summed E-state index contributed by atoms with van der Waals surface area (Å²) in [6, 6.07) is 7.21. The van der Waals surface area contributed by atoms with Crippen LogP contribution in [0.1, 0.15) is 126 Å². The molecule has 72 heavy (non-hydrogen) atoms. The maximum absolute atomic E-state index is 14.5. The lowest BCUT2D eigenvalue weighted by Gasteiger charge is -2.50. The van der Waals surface area contributed by atoms with Crippen LogP contribution in [0.4, 0.5) is 4.79 Å². The lowest BCUT2D eigenvalue weighted by molar-refractivity contribution is -0.319. The Morgan fingerprint density at radius 3 is 2.14 bits per heavy atom. The van der Waals surface area contributed by atoms with Crippen molar-refractivity contribution in [1.82, 2.24) is 15.5 Å². The molecule has 3 aliphatic heterocycles. The number of carbonyl (C=O) groups is 4. The number of alkyl carbamates (subject to hydrolysis) is 1. The Balaban J connectivity index is 1.55. The molecule has 5 N–H and O–H groups in total. The zero-order valence-corrected chi connectivity index (χ0v) is 46.1. The molecule has 1 aromatic carbocycles. The van der Waals surface area contributed by atoms with Gasteiger partial charge in [-0.05, 0) is 106 Å². The van der Waals surface area contributed by atoms with Crippen LogP contribution >= 0.6 is 11.6 Å². The Bertz CT molecular complexity index is 1910. The number of likely N-dealkylation sites (N-methyl/N-ethyl adjacent to an activating group) is 1. The molecule has 3 aliphatic rings. The van der Waals surface area contributed by atoms with Gasteiger partial charge in [0, 0.05) is 69.0 Å². The number of amides is 2. The van der Waals surface area contributed by atoms with Crippen molar-refractivity contribution in [2.75, 3.05) is 41.4 Å². The van der Waals surface area contributed by atoms with Gasteiger partial charge >= 0.3 is 12.1 Å². The minimum atomic E-state index is -2.02. The van der Waals surface area contributed by atoms with Crippen LogP contribution in [0.15, 0.2) is 24.3 Å². The van der Waals surface area contributed by atoms with Crippen molar-refractivity contribution in [2.24, 2.45) is 23.7 Å². The summed E-state index contributed by atoms with van der Waals surface area (Å²) in [6.07, 6.45) is -7.19. The van der Waals surface area contributed by atoms with Crippen molar-refractivity contribution < 1.29 is 72.4 Å². The first-order valence-corrected chi connectivity index (χ1v) is 26.3. The highest BCUT2D eigenvalue weighted by atomic mass is 35.5. The molecule has 1 aromatic rings. The predicted octanol–water partition coefficient (Wildman–Crippen LogP) is 5.75. The van der Waals surface area contributed by atoms with Gasteiger partial charge in [0.05, 0.1) is 42.0 Å². The Morgan fingerprint density at radius 2 is 1.51 bits per heavy atom. The highest BCUT2D eigenvalue weighted by molar-refractivity contribution is 6.31. The average Bonchev–Trinajstić information content (AvgIpc) is 3.33. The summed E-state index contributed by atoms with van der Waals surface area (Å²) < 4.78 is 51.1. The molecule has 0 radical (unpaired) electrons. The van der Waals surface area contributed by atoms with Gasteiger partial charge in [-0.15, -0.1) is 0 Å². The molecule has 2 amide bonds. The smallest absolute Gasteiger partial charge is 0.407 e. The largest absolute Gasteiger partial charge is 0.459 e. The number of hydrogen-bond donors (Lipinski definition) is 5. The number of ether oxygens (including phenoxy) is 8. The molecule has 0 bridgehead atoms. The van der Waals surface area contributed by atoms with Crippen LogP contribution in [0.2, 0.25) is 5.02 Å². The van der Waals surface area contributed by atoms with Gasteiger partial charge in [0.2, 0.25) is 5.91 Å². The van der Waals surface area contributed by atoms with Crippen LogP contribution < -0.4 is 10.6 Å². The van der Waals surface area contributed by atoms with Crippen LogP contribution in [0, 0.1) is 23.7 Å². The standard InChI is InChI=1S/C53H88ClN3O15/c1-15-39-53(10,64)45(61)32(4)42(59)30(2)28-51(8,65-13)46(71-49-43(60)38(57(11)12)27-31(3)67-49)33(5)44(34(6)48(62)69-39)70-41-29-52(9,66-14)47(35(7)68-41)72-50(63)56-25-20-16-17-23-40(58)55-26-24-36-21-18-19-22-37(36)54/h18-19,21-22,30-35,38-39,41,43-47,49,60-61,64H,15-17,20,23-29H2,1-14H3,(H,55,58)(H,56,63)/t30-,31-,32+,33+,34-,35+,38+,39-,41+,43-,44+,45-,46-,47+,49+,51-,52-,53-/m1/s1. The number of cyclic esters (lactones) is 1. The summed E-state index contributed by atoms with van der Waals surface area (Å²) in [5.74, 6) is -4.83. The van der Waals surface area contributed by atoms with Crippen LogP contribution in [0.3, 0.4) is 0 Å². The SMILES string of the molecule is CC[C@H]1OC(=O)[C@H](C)[C@@H](O[C@H]2C[C@@](C)(OC)[C@@H](OC(=O)NCCCCCC(=O)NCCc3ccccc3Cl)[C@H](C)O2)[C@H](C)[C@@H](O[C@@H]2O[C@H](C)C[C@H](N(C)C)[C@H]2O)[C@](C)(OC)C[C@@H](C)C(=O)[C@H](C)[C@@H](O)[C@]1(C)O. The van der Waals surface area contributed by atoms with Crippen LogP contribution in [0.25, 0.3) is 0 Å². The molecule has 0 saturated carbocycles. The van der Waals surface area contributed by atoms with Crippen LogP contribution in [-0.4, -0.2) is 170 Å². The van der Waals surface area contributed by atoms with Crippen molar-refractivity contribution >= 4 is 35.4 Å². The van der Waals surface area contributed by atoms with Crippen molar-refractivity contribution in [3.05, 3.63) is 34.9 Å². The van der Waals surface area contributed by atoms with E-state index in [-0.39, 0.29) is 43.1 Å². The Morgan fingerprint density at radius 1 is 0.861 bits per heavy atom. The highest BCUT2D eigenvalue weighted by Gasteiger charge is 2.55. The zero-order chi connectivity index (χ0) is 53.9. The Hall–Kier alpha value is -3.01. The number of Topliss-reactive ketones (excluding diaryl/α,β-unsaturated/α-hetero) is 1. The molecule has 18 nitrogen and oxygen atoms in total. The predicted molar refractivity (Wildman–Crippen MR) is 270 cm³/mol. The molecular formula is C53H88ClN3O15. The van der Waals surface area contributed by atoms with E-state index in [1.165, 1.54) is 21.1 Å². The third kappa shape index (κ3) is 15.5. The van der Waals surface area contributed by atoms with Gasteiger partial charge in [0.15, 0.2) is 18.7 Å². The number of benzene rings is 1. The molecule has 18 atom stereocenters. The van der Waals surface area contributed by atoms with Crippen LogP contribution in [-0.2, 0) is 58.7 Å². The monoisotopic (exact) mass is 1040 g/mol. The van der Waals surface area contributed by atoms with Crippen molar-refractivity contribution in [2.45, 2.75) is 211 Å². The molecule has 4 rings (SSSR count). The number of rotatable bonds is 18. The second kappa shape index (κ2) is 27.2. The number of carbonyl (C=O) groups excluding carboxylic acids is 4. The molecule has 3 fully saturated rings. The van der Waals surface area contributed by atoms with E-state index in [9.17, 15) is 34.5 Å². The minimum absolute atomic E-state index is 0.0404. The second-order valence-corrected chi connectivity index (χ2v) is 21.8. The topological polar surface area (TPSA) is 230 Å². The summed E-state index contributed by atoms with van der Waals surface area (Å²) in [5, 5.41) is 41.6. The van der Waals surface area contributed by atoms with Crippen molar-refractivity contribution in [3.8, 4) is 0 Å². The van der Waals surface area contributed by atoms with Gasteiger partial charge in [0.25, 0.3) is 0 Å². The van der Waals surface area contributed by atoms with Gasteiger partial charge in [-0.25, -0.2) is 4.79 Å². The number of nitrogens with zero attached hydrogens (tertiary/aromatic N) is 1. The zero-order valence-electron chi connectivity index (χ0n) is 45.3. The molecule has 3 heterocycles. The third-order valence-corrected chi connectivity index (χ3v) is 15.9. The maximum atomic E-state index is 14.5. The maximum Gasteiger partial charge on any atom is 0.407 e. The number of unbranched alkanes of at least 4 members (excludes halogenated alkanes) is 2. The molecule has 19 heteroatoms. The van der Waals surface area contributed by atoms with Gasteiger partial charge in [-0.3, -0.25) is 14.4 Å². The van der Waals surface area contributed by atoms with Gasteiger partial charge < -0.3 is 68.7 Å². The molecule has 0 aliphatic carbocycles. The van der Waals surface area contributed by atoms with Crippen LogP contribution in [0.5, 0.6) is 0 Å². The average molecular weight is 1040 g/mol. The van der Waals surface area contributed by atoms with E-state index in [1.54, 1.807) is 48.5 Å². The van der Waals surface area contributed by atoms with Crippen molar-refractivity contribution in [3.63, 3.8) is 0 Å². The number of hydrogen-bond acceptors (Lipinski definition) is 16. The fourth-order valence-corrected chi connectivity index (χ4v) is 11.1. The number of methoxy groups -OCH3 is 2. The summed E-state index contributed by atoms with van der Waals surface area (Å²) in [7, 11) is 6.73. The quantitative estimate of drug-likeness (QED) is 0.0871. The van der Waals surface area contributed by atoms with Gasteiger partial charge in [-0.2, -0.15) is 0 Å². The fourth-order valence-electron chi connectivity index (χ4n) is 10.9. The van der Waals surface area contributed by atoms with E-state index in [1.807, 2.05) is 57.1 Å². The van der Waals surface area contributed by atoms with Crippen molar-refractivity contribution in [1.29, 1.82) is 0 Å². The highest BCUT2D eigenvalue weighted by Crippen LogP contribution is 2.42. The van der Waals surface area contributed by atoms with E-state index >= 15 is 0 Å². The number of halogens is 1.